The zero-order valence-electron chi connectivity index (χ0n) is 37.5. The lowest BCUT2D eigenvalue weighted by Gasteiger charge is -2.62. The Hall–Kier alpha value is -3.60. The van der Waals surface area contributed by atoms with E-state index in [1.807, 2.05) is 12.1 Å². The molecule has 2 aromatic heterocycles. The first-order chi connectivity index (χ1) is 32.8. The molecule has 6 aliphatic carbocycles. The second-order valence-electron chi connectivity index (χ2n) is 21.7. The predicted molar refractivity (Wildman–Crippen MR) is 254 cm³/mol. The molecule has 8 atom stereocenters. The van der Waals surface area contributed by atoms with Gasteiger partial charge < -0.3 is 29.2 Å². The van der Waals surface area contributed by atoms with E-state index in [-0.39, 0.29) is 60.8 Å². The van der Waals surface area contributed by atoms with Gasteiger partial charge in [-0.05, 0) is 125 Å². The van der Waals surface area contributed by atoms with Gasteiger partial charge >= 0.3 is 11.9 Å². The molecule has 4 bridgehead atoms. The van der Waals surface area contributed by atoms with Crippen LogP contribution in [-0.4, -0.2) is 105 Å². The van der Waals surface area contributed by atoms with Gasteiger partial charge in [-0.25, -0.2) is 0 Å². The summed E-state index contributed by atoms with van der Waals surface area (Å²) in [6.45, 7) is 3.54. The minimum atomic E-state index is -1.10. The molecule has 0 amide bonds. The number of carbonyl (C=O) groups is 4. The Kier molecular flexibility index (Phi) is 9.51. The van der Waals surface area contributed by atoms with Crippen molar-refractivity contribution >= 4 is 78.8 Å². The standard InChI is InChI=1S/C52H52Cl2N2O10S2/c53-41-33(9-11-37(59)63-31-7-5-27-21-35-51(61)15-13-29(57)47-49(51,39(27)43(31)65-47)17-19-55(35)23-25-1-2-25)67-46-42(54)34(68-45(41)46)10-12-38(60)64-32-8-6-28-22-36-52(62)16-14-30(58)48-50(52,40(28)44(32)66-48)18-20-56(36)24-26-3-4-26/h5-8,25-26,35-36,47-48,61-62H,1-4,9-24H2/t35-,36-,47+,48+,49+,50+,51-,52-/m1/s1. The molecule has 4 saturated carbocycles. The molecule has 0 unspecified atom stereocenters. The molecule has 2 N–H and O–H groups in total. The van der Waals surface area contributed by atoms with Gasteiger partial charge in [0, 0.05) is 58.9 Å². The van der Waals surface area contributed by atoms with Crippen LogP contribution in [0.5, 0.6) is 23.0 Å². The number of Topliss-reactive ketones (excluding diaryl/α,β-unsaturated/α-hetero) is 2. The fourth-order valence-electron chi connectivity index (χ4n) is 14.7. The number of halogens is 2. The lowest BCUT2D eigenvalue weighted by Crippen LogP contribution is -2.76. The first kappa shape index (κ1) is 43.2. The van der Waals surface area contributed by atoms with Crippen molar-refractivity contribution in [1.29, 1.82) is 0 Å². The van der Waals surface area contributed by atoms with E-state index in [1.54, 1.807) is 12.1 Å². The van der Waals surface area contributed by atoms with Crippen LogP contribution in [0.2, 0.25) is 10.0 Å². The monoisotopic (exact) mass is 998 g/mol. The van der Waals surface area contributed by atoms with Gasteiger partial charge in [0.25, 0.3) is 0 Å². The first-order valence-electron chi connectivity index (χ1n) is 24.7. The second-order valence-corrected chi connectivity index (χ2v) is 24.6. The Labute approximate surface area is 411 Å². The van der Waals surface area contributed by atoms with E-state index in [2.05, 4.69) is 9.80 Å². The van der Waals surface area contributed by atoms with Crippen LogP contribution in [0, 0.1) is 11.8 Å². The number of nitrogens with zero attached hydrogens (tertiary/aromatic N) is 2. The third-order valence-electron chi connectivity index (χ3n) is 18.2. The molecule has 16 heteroatoms. The maximum Gasteiger partial charge on any atom is 0.311 e. The normalized spacial score (nSPS) is 33.8. The van der Waals surface area contributed by atoms with E-state index in [0.717, 1.165) is 67.6 Å². The Morgan fingerprint density at radius 1 is 0.662 bits per heavy atom. The van der Waals surface area contributed by atoms with Crippen LogP contribution in [0.15, 0.2) is 24.3 Å². The van der Waals surface area contributed by atoms with Crippen molar-refractivity contribution in [3.8, 4) is 23.0 Å². The van der Waals surface area contributed by atoms with Gasteiger partial charge in [0.15, 0.2) is 46.8 Å². The molecule has 4 aliphatic heterocycles. The average Bonchev–Trinajstić information content (AvgIpc) is 4.20. The van der Waals surface area contributed by atoms with Gasteiger partial charge in [-0.1, -0.05) is 35.3 Å². The van der Waals surface area contributed by atoms with E-state index in [0.29, 0.717) is 84.7 Å². The first-order valence-corrected chi connectivity index (χ1v) is 27.1. The Morgan fingerprint density at radius 2 is 1.09 bits per heavy atom. The minimum absolute atomic E-state index is 0.00751. The molecule has 2 aromatic carbocycles. The number of benzene rings is 2. The summed E-state index contributed by atoms with van der Waals surface area (Å²) in [7, 11) is 0. The summed E-state index contributed by atoms with van der Waals surface area (Å²) in [6, 6.07) is 7.36. The molecule has 2 saturated heterocycles. The van der Waals surface area contributed by atoms with Crippen LogP contribution < -0.4 is 18.9 Å². The molecule has 68 heavy (non-hydrogen) atoms. The van der Waals surface area contributed by atoms with Crippen LogP contribution in [0.1, 0.15) is 109 Å². The number of hydrogen-bond donors (Lipinski definition) is 2. The van der Waals surface area contributed by atoms with Crippen LogP contribution in [0.4, 0.5) is 0 Å². The number of ketones is 2. The zero-order chi connectivity index (χ0) is 46.2. The molecule has 14 rings (SSSR count). The number of rotatable bonds is 12. The number of esters is 2. The fourth-order valence-corrected chi connectivity index (χ4v) is 18.2. The van der Waals surface area contributed by atoms with Crippen molar-refractivity contribution in [2.45, 2.75) is 149 Å². The Morgan fingerprint density at radius 3 is 1.50 bits per heavy atom. The number of ether oxygens (including phenoxy) is 4. The van der Waals surface area contributed by atoms with E-state index in [4.69, 9.17) is 42.1 Å². The van der Waals surface area contributed by atoms with Gasteiger partial charge in [-0.15, -0.1) is 22.7 Å². The average molecular weight is 1000 g/mol. The summed E-state index contributed by atoms with van der Waals surface area (Å²) in [5.74, 6) is 1.80. The van der Waals surface area contributed by atoms with Gasteiger partial charge in [0.05, 0.1) is 54.3 Å². The van der Waals surface area contributed by atoms with E-state index >= 15 is 0 Å². The van der Waals surface area contributed by atoms with Crippen LogP contribution in [-0.2, 0) is 55.7 Å². The molecule has 6 heterocycles. The molecule has 4 aromatic rings. The van der Waals surface area contributed by atoms with Crippen LogP contribution >= 0.6 is 45.9 Å². The number of likely N-dealkylation sites (tertiary alicyclic amines) is 2. The maximum absolute atomic E-state index is 13.6. The molecular weight excluding hydrogens is 948 g/mol. The van der Waals surface area contributed by atoms with Crippen molar-refractivity contribution in [2.75, 3.05) is 26.2 Å². The molecular formula is C52H52Cl2N2O10S2. The summed E-state index contributed by atoms with van der Waals surface area (Å²) >= 11 is 16.8. The highest BCUT2D eigenvalue weighted by Crippen LogP contribution is 2.67. The summed E-state index contributed by atoms with van der Waals surface area (Å²) in [6.07, 6.45) is 7.94. The molecule has 356 valence electrons. The summed E-state index contributed by atoms with van der Waals surface area (Å²) in [4.78, 5) is 60.7. The quantitative estimate of drug-likeness (QED) is 0.106. The van der Waals surface area contributed by atoms with E-state index in [9.17, 15) is 29.4 Å². The van der Waals surface area contributed by atoms with Gasteiger partial charge in [-0.3, -0.25) is 29.0 Å². The Bertz CT molecular complexity index is 2730. The molecule has 12 nitrogen and oxygen atoms in total. The van der Waals surface area contributed by atoms with Crippen molar-refractivity contribution in [3.63, 3.8) is 0 Å². The molecule has 0 radical (unpaired) electrons. The number of hydrogen-bond acceptors (Lipinski definition) is 14. The predicted octanol–water partition coefficient (Wildman–Crippen LogP) is 7.61. The van der Waals surface area contributed by atoms with Crippen molar-refractivity contribution in [1.82, 2.24) is 9.80 Å². The minimum Gasteiger partial charge on any atom is -0.477 e. The number of carbonyl (C=O) groups excluding carboxylic acids is 4. The highest BCUT2D eigenvalue weighted by atomic mass is 35.5. The van der Waals surface area contributed by atoms with Gasteiger partial charge in [0.1, 0.15) is 0 Å². The SMILES string of the molecule is O=C(CCc1sc2c(Cl)c(CCC(=O)Oc3ccc4c5c3O[C@H]3C(=O)CC[C@@]6(O)[C@@H](C4)N(CC4CC4)CC[C@]536)sc2c1Cl)Oc1ccc2c3c1O[C@H]1C(=O)CC[C@@]4(O)[C@@H](C2)N(CC2CC2)CC[C@]314. The summed E-state index contributed by atoms with van der Waals surface area (Å²) in [5, 5.41) is 26.3. The second kappa shape index (κ2) is 15.0. The number of aryl methyl sites for hydroxylation is 2. The lowest BCUT2D eigenvalue weighted by atomic mass is 9.49. The van der Waals surface area contributed by atoms with E-state index in [1.165, 1.54) is 48.4 Å². The summed E-state index contributed by atoms with van der Waals surface area (Å²) in [5.41, 5.74) is -0.0960. The van der Waals surface area contributed by atoms with Crippen molar-refractivity contribution < 1.29 is 48.3 Å². The van der Waals surface area contributed by atoms with Crippen molar-refractivity contribution in [3.05, 3.63) is 66.3 Å². The third-order valence-corrected chi connectivity index (χ3v) is 22.1. The fraction of sp³-hybridized carbons (Fsp3) is 0.577. The number of fused-ring (bicyclic) bond motifs is 1. The topological polar surface area (TPSA) is 152 Å². The van der Waals surface area contributed by atoms with Gasteiger partial charge in [0.2, 0.25) is 0 Å². The number of aliphatic hydroxyl groups is 2. The summed E-state index contributed by atoms with van der Waals surface area (Å²) < 4.78 is 26.6. The third kappa shape index (κ3) is 5.86. The van der Waals surface area contributed by atoms with E-state index < -0.39 is 46.2 Å². The molecule has 6 fully saturated rings. The van der Waals surface area contributed by atoms with Gasteiger partial charge in [-0.2, -0.15) is 0 Å². The Balaban J connectivity index is 0.650. The highest BCUT2D eigenvalue weighted by Gasteiger charge is 2.75. The smallest absolute Gasteiger partial charge is 0.311 e. The molecule has 2 spiro atoms. The maximum atomic E-state index is 13.6. The number of piperidine rings is 2. The van der Waals surface area contributed by atoms with Crippen molar-refractivity contribution in [2.24, 2.45) is 11.8 Å². The lowest BCUT2D eigenvalue weighted by molar-refractivity contribution is -0.188. The molecule has 10 aliphatic rings. The van der Waals surface area contributed by atoms with Crippen LogP contribution in [0.25, 0.3) is 9.40 Å². The largest absolute Gasteiger partial charge is 0.477 e. The number of thiophene rings is 2. The van der Waals surface area contributed by atoms with Crippen LogP contribution in [0.3, 0.4) is 0 Å². The highest BCUT2D eigenvalue weighted by molar-refractivity contribution is 7.29. The zero-order valence-corrected chi connectivity index (χ0v) is 40.7.